The van der Waals surface area contributed by atoms with E-state index in [-0.39, 0.29) is 28.4 Å². The molecule has 0 bridgehead atoms. The fourth-order valence-corrected chi connectivity index (χ4v) is 7.98. The first-order chi connectivity index (χ1) is 27.9. The van der Waals surface area contributed by atoms with Gasteiger partial charge in [0.2, 0.25) is 5.91 Å². The molecule has 3 aliphatic rings. The third-order valence-electron chi connectivity index (χ3n) is 10.7. The van der Waals surface area contributed by atoms with Crippen molar-refractivity contribution in [2.24, 2.45) is 4.99 Å². The minimum Gasteiger partial charge on any atom is -0.497 e. The number of hydrogen-bond donors (Lipinski definition) is 1. The second-order valence-corrected chi connectivity index (χ2v) is 15.5. The van der Waals surface area contributed by atoms with E-state index in [0.29, 0.717) is 108 Å². The van der Waals surface area contributed by atoms with E-state index in [2.05, 4.69) is 20.2 Å². The zero-order valence-corrected chi connectivity index (χ0v) is 33.8. The standard InChI is InChI=1S/C41H46ClN9O7/c1-51(2,26-27-9-12-43-40(27)50(54)55)17-5-6-38(52)48-13-10-29(11-14-48)49-34-23-37(46-36-8-7-30(25-45-36)47-15-18-58-19-16-47)44-24-28(34)20-33(41(49)53)32-21-31(56-3)22-35(57-4)39(32)42/h5-8,12,20-25,29H,9-11,13-19,26H2,1-4H3/p+1/b6-5+. The first-order valence-electron chi connectivity index (χ1n) is 19.1. The third kappa shape index (κ3) is 8.83. The summed E-state index contributed by atoms with van der Waals surface area (Å²) in [4.78, 5) is 56.3. The van der Waals surface area contributed by atoms with Crippen LogP contribution in [0.1, 0.15) is 25.3 Å². The quantitative estimate of drug-likeness (QED) is 0.0788. The van der Waals surface area contributed by atoms with E-state index >= 15 is 0 Å². The van der Waals surface area contributed by atoms with E-state index in [9.17, 15) is 19.7 Å². The van der Waals surface area contributed by atoms with Crippen LogP contribution >= 0.6 is 11.6 Å². The number of aromatic nitrogens is 3. The van der Waals surface area contributed by atoms with E-state index in [1.807, 2.05) is 44.6 Å². The Balaban J connectivity index is 1.14. The zero-order valence-electron chi connectivity index (χ0n) is 33.0. The van der Waals surface area contributed by atoms with E-state index < -0.39 is 4.92 Å². The van der Waals surface area contributed by atoms with Crippen molar-refractivity contribution in [1.82, 2.24) is 19.4 Å². The molecule has 1 amide bonds. The van der Waals surface area contributed by atoms with Gasteiger partial charge in [-0.2, -0.15) is 0 Å². The van der Waals surface area contributed by atoms with Crippen molar-refractivity contribution in [1.29, 1.82) is 0 Å². The monoisotopic (exact) mass is 812 g/mol. The number of halogens is 1. The highest BCUT2D eigenvalue weighted by atomic mass is 35.5. The maximum Gasteiger partial charge on any atom is 0.368 e. The lowest BCUT2D eigenvalue weighted by Crippen LogP contribution is -2.42. The zero-order chi connectivity index (χ0) is 41.0. The molecule has 0 spiro atoms. The average Bonchev–Trinajstić information content (AvgIpc) is 3.69. The SMILES string of the molecule is COc1cc(OC)c(Cl)c(-c2cc3cnc(Nc4ccc(N5CCOCC5)cn4)cc3n(C3CCN(C(=O)/C=C/C[N+](C)(C)CC4=C([N+](=O)[O-])N=CC4)CC3)c2=O)c1. The Morgan fingerprint density at radius 1 is 1.03 bits per heavy atom. The number of hydrogen-bond acceptors (Lipinski definition) is 12. The largest absolute Gasteiger partial charge is 0.497 e. The summed E-state index contributed by atoms with van der Waals surface area (Å²) in [6, 6.07) is 10.7. The van der Waals surface area contributed by atoms with Gasteiger partial charge in [0.05, 0.1) is 76.1 Å². The normalized spacial score (nSPS) is 16.4. The molecule has 0 aliphatic carbocycles. The molecule has 1 N–H and O–H groups in total. The van der Waals surface area contributed by atoms with Crippen LogP contribution in [0, 0.1) is 10.1 Å². The Morgan fingerprint density at radius 2 is 1.79 bits per heavy atom. The van der Waals surface area contributed by atoms with Gasteiger partial charge >= 0.3 is 5.82 Å². The average molecular weight is 813 g/mol. The predicted octanol–water partition coefficient (Wildman–Crippen LogP) is 5.47. The smallest absolute Gasteiger partial charge is 0.368 e. The molecule has 1 aromatic carbocycles. The van der Waals surface area contributed by atoms with Crippen LogP contribution in [0.3, 0.4) is 0 Å². The number of nitro groups is 1. The van der Waals surface area contributed by atoms with Gasteiger partial charge in [-0.25, -0.2) is 9.97 Å². The van der Waals surface area contributed by atoms with Crippen LogP contribution in [0.5, 0.6) is 11.5 Å². The topological polar surface area (TPSA) is 167 Å². The number of likely N-dealkylation sites (N-methyl/N-ethyl adjacent to an activating group) is 1. The van der Waals surface area contributed by atoms with E-state index in [4.69, 9.17) is 30.8 Å². The van der Waals surface area contributed by atoms with E-state index in [1.165, 1.54) is 14.2 Å². The number of aliphatic imine (C=N–C) groups is 1. The van der Waals surface area contributed by atoms with Gasteiger partial charge in [-0.05, 0) is 48.1 Å². The van der Waals surface area contributed by atoms with Crippen molar-refractivity contribution in [3.63, 3.8) is 0 Å². The van der Waals surface area contributed by atoms with Crippen molar-refractivity contribution < 1.29 is 28.4 Å². The van der Waals surface area contributed by atoms with Gasteiger partial charge in [0.25, 0.3) is 5.56 Å². The number of morpholine rings is 1. The number of benzene rings is 1. The molecule has 4 aromatic rings. The van der Waals surface area contributed by atoms with Crippen molar-refractivity contribution in [3.8, 4) is 22.6 Å². The number of rotatable bonds is 13. The molecule has 0 radical (unpaired) electrons. The Kier molecular flexibility index (Phi) is 12.1. The number of likely N-dealkylation sites (tertiary alicyclic amines) is 1. The number of nitrogens with one attached hydrogen (secondary N) is 1. The van der Waals surface area contributed by atoms with Crippen molar-refractivity contribution in [2.75, 3.05) is 91.0 Å². The van der Waals surface area contributed by atoms with Crippen LogP contribution in [0.2, 0.25) is 5.02 Å². The summed E-state index contributed by atoms with van der Waals surface area (Å²) in [6.07, 6.45) is 10.0. The number of methoxy groups -OCH3 is 2. The number of fused-ring (bicyclic) bond motifs is 1. The highest BCUT2D eigenvalue weighted by molar-refractivity contribution is 6.35. The van der Waals surface area contributed by atoms with Gasteiger partial charge < -0.3 is 48.5 Å². The molecular weight excluding hydrogens is 766 g/mol. The van der Waals surface area contributed by atoms with Crippen molar-refractivity contribution in [2.45, 2.75) is 25.3 Å². The molecule has 3 aliphatic heterocycles. The van der Waals surface area contributed by atoms with Gasteiger partial charge in [0.15, 0.2) is 0 Å². The second kappa shape index (κ2) is 17.3. The third-order valence-corrected chi connectivity index (χ3v) is 11.1. The molecule has 2 saturated heterocycles. The molecule has 304 valence electrons. The Morgan fingerprint density at radius 3 is 2.48 bits per heavy atom. The highest BCUT2D eigenvalue weighted by Gasteiger charge is 2.30. The maximum absolute atomic E-state index is 14.7. The maximum atomic E-state index is 14.7. The number of anilines is 3. The molecule has 0 unspecified atom stereocenters. The van der Waals surface area contributed by atoms with Gasteiger partial charge in [0, 0.05) is 79.6 Å². The molecule has 3 aromatic heterocycles. The number of carbonyl (C=O) groups is 1. The van der Waals surface area contributed by atoms with Crippen molar-refractivity contribution in [3.05, 3.63) is 97.8 Å². The Labute approximate surface area is 340 Å². The molecule has 0 saturated carbocycles. The van der Waals surface area contributed by atoms with Gasteiger partial charge in [0.1, 0.15) is 35.9 Å². The number of quaternary nitrogens is 1. The fourth-order valence-electron chi connectivity index (χ4n) is 7.70. The molecule has 2 fully saturated rings. The summed E-state index contributed by atoms with van der Waals surface area (Å²) in [6.45, 7) is 4.79. The minimum absolute atomic E-state index is 0.0898. The van der Waals surface area contributed by atoms with Crippen LogP contribution in [0.4, 0.5) is 17.3 Å². The Hall–Kier alpha value is -5.84. The minimum atomic E-state index is -0.448. The molecule has 0 atom stereocenters. The van der Waals surface area contributed by atoms with Crippen LogP contribution in [0.15, 0.2) is 82.1 Å². The molecular formula is C41H47ClN9O7+. The molecule has 6 heterocycles. The van der Waals surface area contributed by atoms with Crippen LogP contribution in [0.25, 0.3) is 22.0 Å². The van der Waals surface area contributed by atoms with Gasteiger partial charge in [-0.1, -0.05) is 16.6 Å². The first kappa shape index (κ1) is 40.4. The Bertz CT molecular complexity index is 2350. The second-order valence-electron chi connectivity index (χ2n) is 15.1. The van der Waals surface area contributed by atoms with Crippen molar-refractivity contribution >= 4 is 51.9 Å². The van der Waals surface area contributed by atoms with Gasteiger partial charge in [-0.15, -0.1) is 0 Å². The number of pyridine rings is 3. The lowest BCUT2D eigenvalue weighted by Gasteiger charge is -2.33. The molecule has 58 heavy (non-hydrogen) atoms. The van der Waals surface area contributed by atoms with E-state index in [1.54, 1.807) is 46.2 Å². The van der Waals surface area contributed by atoms with Crippen LogP contribution in [-0.2, 0) is 9.53 Å². The summed E-state index contributed by atoms with van der Waals surface area (Å²) < 4.78 is 18.8. The summed E-state index contributed by atoms with van der Waals surface area (Å²) >= 11 is 6.84. The number of carbonyl (C=O) groups excluding carboxylic acids is 1. The lowest BCUT2D eigenvalue weighted by molar-refractivity contribution is -0.880. The summed E-state index contributed by atoms with van der Waals surface area (Å²) in [7, 11) is 6.97. The van der Waals surface area contributed by atoms with Crippen LogP contribution < -0.4 is 25.2 Å². The number of piperidine rings is 1. The van der Waals surface area contributed by atoms with Crippen LogP contribution in [-0.4, -0.2) is 122 Å². The fraction of sp³-hybridized carbons (Fsp3) is 0.390. The number of amides is 1. The molecule has 7 rings (SSSR count). The highest BCUT2D eigenvalue weighted by Crippen LogP contribution is 2.39. The summed E-state index contributed by atoms with van der Waals surface area (Å²) in [5.74, 6) is 1.77. The summed E-state index contributed by atoms with van der Waals surface area (Å²) in [5.41, 5.74) is 2.95. The summed E-state index contributed by atoms with van der Waals surface area (Å²) in [5, 5.41) is 15.7. The molecule has 16 nitrogen and oxygen atoms in total. The number of ether oxygens (including phenoxy) is 3. The molecule has 17 heteroatoms. The predicted molar refractivity (Wildman–Crippen MR) is 223 cm³/mol. The lowest BCUT2D eigenvalue weighted by atomic mass is 10.00. The first-order valence-corrected chi connectivity index (χ1v) is 19.5. The number of nitrogens with zero attached hydrogens (tertiary/aromatic N) is 8. The van der Waals surface area contributed by atoms with Gasteiger partial charge in [-0.3, -0.25) is 9.59 Å². The van der Waals surface area contributed by atoms with E-state index in [0.717, 1.165) is 24.2 Å².